The van der Waals surface area contributed by atoms with Crippen LogP contribution >= 0.6 is 0 Å². The second-order valence-electron chi connectivity index (χ2n) is 4.47. The Kier molecular flexibility index (Phi) is 3.42. The van der Waals surface area contributed by atoms with Gasteiger partial charge in [-0.1, -0.05) is 0 Å². The fraction of sp³-hybridized carbons (Fsp3) is 0.417. The summed E-state index contributed by atoms with van der Waals surface area (Å²) in [6.45, 7) is 5.64. The van der Waals surface area contributed by atoms with E-state index in [1.807, 2.05) is 20.8 Å². The summed E-state index contributed by atoms with van der Waals surface area (Å²) in [5.74, 6) is 0.220. The lowest BCUT2D eigenvalue weighted by Gasteiger charge is -2.23. The van der Waals surface area contributed by atoms with Crippen LogP contribution in [0.4, 0.5) is 0 Å². The molecule has 1 aromatic rings. The van der Waals surface area contributed by atoms with E-state index in [1.54, 1.807) is 7.05 Å². The van der Waals surface area contributed by atoms with Gasteiger partial charge in [0.15, 0.2) is 0 Å². The minimum Gasteiger partial charge on any atom is -0.508 e. The molecule has 16 heavy (non-hydrogen) atoms. The average molecular weight is 223 g/mol. The molecule has 0 radical (unpaired) electrons. The molecule has 0 aliphatic heterocycles. The summed E-state index contributed by atoms with van der Waals surface area (Å²) >= 11 is 0. The molecular weight excluding hydrogens is 206 g/mol. The van der Waals surface area contributed by atoms with E-state index in [1.165, 1.54) is 18.2 Å². The van der Waals surface area contributed by atoms with Crippen LogP contribution in [0.1, 0.15) is 31.1 Å². The first-order chi connectivity index (χ1) is 7.33. The molecule has 0 saturated heterocycles. The number of phenolic OH excluding ortho intramolecular Hbond substituents is 1. The predicted octanol–water partition coefficient (Wildman–Crippen LogP) is 1.93. The molecule has 1 amide bonds. The predicted molar refractivity (Wildman–Crippen MR) is 61.9 cm³/mol. The molecule has 0 atom stereocenters. The zero-order chi connectivity index (χ0) is 12.3. The fourth-order valence-corrected chi connectivity index (χ4v) is 1.25. The molecule has 2 N–H and O–H groups in total. The number of carbonyl (C=O) groups is 1. The molecule has 0 aliphatic carbocycles. The summed E-state index contributed by atoms with van der Waals surface area (Å²) in [5.41, 5.74) is -0.00783. The van der Waals surface area contributed by atoms with Gasteiger partial charge in [0.25, 0.3) is 5.91 Å². The van der Waals surface area contributed by atoms with Crippen molar-refractivity contribution in [3.05, 3.63) is 23.8 Å². The maximum atomic E-state index is 11.6. The van der Waals surface area contributed by atoms with Crippen molar-refractivity contribution >= 4 is 5.91 Å². The minimum absolute atomic E-state index is 0.0758. The van der Waals surface area contributed by atoms with Crippen molar-refractivity contribution in [2.75, 3.05) is 7.05 Å². The molecule has 4 heteroatoms. The third kappa shape index (κ3) is 3.15. The van der Waals surface area contributed by atoms with Crippen LogP contribution in [0.5, 0.6) is 11.5 Å². The van der Waals surface area contributed by atoms with Crippen LogP contribution in [-0.2, 0) is 0 Å². The SMILES string of the molecule is CNC(=O)c1ccc(O)cc1OC(C)(C)C. The molecule has 0 saturated carbocycles. The van der Waals surface area contributed by atoms with Crippen LogP contribution < -0.4 is 10.1 Å². The second-order valence-corrected chi connectivity index (χ2v) is 4.47. The number of carbonyl (C=O) groups excluding carboxylic acids is 1. The van der Waals surface area contributed by atoms with Gasteiger partial charge in [-0.15, -0.1) is 0 Å². The lowest BCUT2D eigenvalue weighted by Crippen LogP contribution is -2.26. The van der Waals surface area contributed by atoms with Gasteiger partial charge in [-0.3, -0.25) is 4.79 Å². The maximum absolute atomic E-state index is 11.6. The van der Waals surface area contributed by atoms with E-state index in [0.29, 0.717) is 11.3 Å². The van der Waals surface area contributed by atoms with Crippen molar-refractivity contribution in [1.82, 2.24) is 5.32 Å². The smallest absolute Gasteiger partial charge is 0.254 e. The summed E-state index contributed by atoms with van der Waals surface area (Å²) in [7, 11) is 1.55. The maximum Gasteiger partial charge on any atom is 0.254 e. The normalized spacial score (nSPS) is 11.0. The molecule has 0 bridgehead atoms. The Morgan fingerprint density at radius 2 is 2.00 bits per heavy atom. The molecule has 0 aliphatic rings. The van der Waals surface area contributed by atoms with Gasteiger partial charge < -0.3 is 15.2 Å². The highest BCUT2D eigenvalue weighted by Crippen LogP contribution is 2.27. The molecule has 88 valence electrons. The highest BCUT2D eigenvalue weighted by Gasteiger charge is 2.18. The quantitative estimate of drug-likeness (QED) is 0.805. The summed E-state index contributed by atoms with van der Waals surface area (Å²) in [5, 5.41) is 11.9. The number of hydrogen-bond acceptors (Lipinski definition) is 3. The Labute approximate surface area is 95.2 Å². The van der Waals surface area contributed by atoms with Crippen LogP contribution in [0.2, 0.25) is 0 Å². The van der Waals surface area contributed by atoms with Gasteiger partial charge in [-0.05, 0) is 32.9 Å². The van der Waals surface area contributed by atoms with E-state index >= 15 is 0 Å². The van der Waals surface area contributed by atoms with E-state index in [9.17, 15) is 9.90 Å². The first kappa shape index (κ1) is 12.4. The van der Waals surface area contributed by atoms with Crippen LogP contribution in [0.15, 0.2) is 18.2 Å². The number of nitrogens with one attached hydrogen (secondary N) is 1. The number of phenols is 1. The van der Waals surface area contributed by atoms with Crippen molar-refractivity contribution < 1.29 is 14.6 Å². The van der Waals surface area contributed by atoms with Gasteiger partial charge in [-0.25, -0.2) is 0 Å². The highest BCUT2D eigenvalue weighted by atomic mass is 16.5. The number of amides is 1. The zero-order valence-corrected chi connectivity index (χ0v) is 10.00. The standard InChI is InChI=1S/C12H17NO3/c1-12(2,3)16-10-7-8(14)5-6-9(10)11(15)13-4/h5-7,14H,1-4H3,(H,13,15). The molecule has 0 fully saturated rings. The van der Waals surface area contributed by atoms with Crippen LogP contribution in [0.3, 0.4) is 0 Å². The van der Waals surface area contributed by atoms with Gasteiger partial charge in [0, 0.05) is 13.1 Å². The third-order valence-electron chi connectivity index (χ3n) is 1.85. The number of aromatic hydroxyl groups is 1. The van der Waals surface area contributed by atoms with Crippen molar-refractivity contribution in [3.63, 3.8) is 0 Å². The third-order valence-corrected chi connectivity index (χ3v) is 1.85. The monoisotopic (exact) mass is 223 g/mol. The number of hydrogen-bond donors (Lipinski definition) is 2. The molecule has 0 unspecified atom stereocenters. The fourth-order valence-electron chi connectivity index (χ4n) is 1.25. The molecule has 1 aromatic carbocycles. The zero-order valence-electron chi connectivity index (χ0n) is 10.00. The summed E-state index contributed by atoms with van der Waals surface area (Å²) in [6, 6.07) is 4.44. The van der Waals surface area contributed by atoms with Crippen molar-refractivity contribution in [2.24, 2.45) is 0 Å². The first-order valence-corrected chi connectivity index (χ1v) is 5.07. The van der Waals surface area contributed by atoms with Crippen molar-refractivity contribution in [1.29, 1.82) is 0 Å². The van der Waals surface area contributed by atoms with Gasteiger partial charge in [0.1, 0.15) is 17.1 Å². The lowest BCUT2D eigenvalue weighted by atomic mass is 10.1. The van der Waals surface area contributed by atoms with Crippen molar-refractivity contribution in [2.45, 2.75) is 26.4 Å². The average Bonchev–Trinajstić information content (AvgIpc) is 2.14. The van der Waals surface area contributed by atoms with E-state index in [-0.39, 0.29) is 11.7 Å². The van der Waals surface area contributed by atoms with Gasteiger partial charge in [0.2, 0.25) is 0 Å². The van der Waals surface area contributed by atoms with Gasteiger partial charge in [0.05, 0.1) is 5.56 Å². The Balaban J connectivity index is 3.13. The Hall–Kier alpha value is -1.71. The molecule has 0 aromatic heterocycles. The Morgan fingerprint density at radius 3 is 2.50 bits per heavy atom. The number of rotatable bonds is 2. The molecule has 0 spiro atoms. The summed E-state index contributed by atoms with van der Waals surface area (Å²) in [4.78, 5) is 11.6. The molecular formula is C12H17NO3. The largest absolute Gasteiger partial charge is 0.508 e. The lowest BCUT2D eigenvalue weighted by molar-refractivity contribution is 0.0942. The first-order valence-electron chi connectivity index (χ1n) is 5.07. The van der Waals surface area contributed by atoms with E-state index in [4.69, 9.17) is 4.74 Å². The summed E-state index contributed by atoms with van der Waals surface area (Å²) in [6.07, 6.45) is 0. The molecule has 0 heterocycles. The second kappa shape index (κ2) is 4.43. The number of benzene rings is 1. The van der Waals surface area contributed by atoms with Crippen LogP contribution in [-0.4, -0.2) is 23.7 Å². The van der Waals surface area contributed by atoms with Gasteiger partial charge in [-0.2, -0.15) is 0 Å². The van der Waals surface area contributed by atoms with E-state index in [2.05, 4.69) is 5.32 Å². The number of ether oxygens (including phenoxy) is 1. The van der Waals surface area contributed by atoms with Crippen LogP contribution in [0, 0.1) is 0 Å². The van der Waals surface area contributed by atoms with E-state index in [0.717, 1.165) is 0 Å². The Morgan fingerprint density at radius 1 is 1.38 bits per heavy atom. The van der Waals surface area contributed by atoms with Crippen molar-refractivity contribution in [3.8, 4) is 11.5 Å². The van der Waals surface area contributed by atoms with Gasteiger partial charge >= 0.3 is 0 Å². The Bertz CT molecular complexity index is 394. The van der Waals surface area contributed by atoms with Crippen LogP contribution in [0.25, 0.3) is 0 Å². The minimum atomic E-state index is -0.420. The topological polar surface area (TPSA) is 58.6 Å². The molecule has 4 nitrogen and oxygen atoms in total. The highest BCUT2D eigenvalue weighted by molar-refractivity contribution is 5.96. The van der Waals surface area contributed by atoms with E-state index < -0.39 is 5.60 Å². The molecule has 1 rings (SSSR count). The summed E-state index contributed by atoms with van der Waals surface area (Å²) < 4.78 is 5.62.